The number of aryl methyl sites for hydroxylation is 1. The zero-order chi connectivity index (χ0) is 22.0. The highest BCUT2D eigenvalue weighted by Gasteiger charge is 2.36. The molecule has 1 aromatic heterocycles. The highest BCUT2D eigenvalue weighted by Crippen LogP contribution is 2.27. The van der Waals surface area contributed by atoms with Crippen LogP contribution in [0.1, 0.15) is 30.5 Å². The lowest BCUT2D eigenvalue weighted by Crippen LogP contribution is -2.52. The van der Waals surface area contributed by atoms with Crippen molar-refractivity contribution in [3.63, 3.8) is 0 Å². The summed E-state index contributed by atoms with van der Waals surface area (Å²) in [7, 11) is 0. The number of nitrogens with one attached hydrogen (secondary N) is 1. The number of aromatic nitrogens is 1. The van der Waals surface area contributed by atoms with E-state index in [0.29, 0.717) is 13.2 Å². The van der Waals surface area contributed by atoms with Gasteiger partial charge in [-0.2, -0.15) is 0 Å². The monoisotopic (exact) mass is 418 g/mol. The van der Waals surface area contributed by atoms with Crippen molar-refractivity contribution in [2.75, 3.05) is 13.2 Å². The van der Waals surface area contributed by atoms with Crippen molar-refractivity contribution in [3.8, 4) is 5.75 Å². The van der Waals surface area contributed by atoms with Crippen molar-refractivity contribution in [1.82, 2.24) is 10.3 Å². The van der Waals surface area contributed by atoms with Crippen LogP contribution in [0.4, 0.5) is 0 Å². The molecule has 1 N–H and O–H groups in total. The lowest BCUT2D eigenvalue weighted by atomic mass is 9.92. The molecule has 0 radical (unpaired) electrons. The lowest BCUT2D eigenvalue weighted by molar-refractivity contribution is -0.135. The topological polar surface area (TPSA) is 60.5 Å². The minimum absolute atomic E-state index is 0.0547. The number of hydrogen-bond donors (Lipinski definition) is 1. The zero-order valence-electron chi connectivity index (χ0n) is 18.6. The van der Waals surface area contributed by atoms with Gasteiger partial charge in [0.2, 0.25) is 0 Å². The van der Waals surface area contributed by atoms with Crippen LogP contribution in [-0.4, -0.2) is 35.7 Å². The predicted molar refractivity (Wildman–Crippen MR) is 122 cm³/mol. The number of carbonyl (C=O) groups excluding carboxylic acids is 1. The number of fused-ring (bicyclic) bond motifs is 1. The lowest BCUT2D eigenvalue weighted by Gasteiger charge is -2.29. The Morgan fingerprint density at radius 2 is 1.94 bits per heavy atom. The number of para-hydroxylation sites is 1. The van der Waals surface area contributed by atoms with E-state index in [2.05, 4.69) is 22.4 Å². The minimum atomic E-state index is -0.991. The molecule has 4 rings (SSSR count). The third-order valence-electron chi connectivity index (χ3n) is 6.20. The van der Waals surface area contributed by atoms with E-state index in [4.69, 9.17) is 9.47 Å². The Hall–Kier alpha value is -2.92. The average molecular weight is 419 g/mol. The number of nitrogens with zero attached hydrogens (tertiary/aromatic N) is 1. The SMILES string of the molecule is Cc1cccc(OC(C)(C)C(=O)N[C@@H]2COC[C@H]2Cc2ccnc3ccccc23)c1C. The summed E-state index contributed by atoms with van der Waals surface area (Å²) >= 11 is 0. The van der Waals surface area contributed by atoms with Crippen molar-refractivity contribution in [1.29, 1.82) is 0 Å². The first kappa shape index (κ1) is 21.3. The molecule has 5 nitrogen and oxygen atoms in total. The highest BCUT2D eigenvalue weighted by atomic mass is 16.5. The van der Waals surface area contributed by atoms with Crippen LogP contribution in [0.2, 0.25) is 0 Å². The van der Waals surface area contributed by atoms with Crippen molar-refractivity contribution < 1.29 is 14.3 Å². The van der Waals surface area contributed by atoms with E-state index in [1.807, 2.05) is 70.3 Å². The van der Waals surface area contributed by atoms with E-state index in [9.17, 15) is 4.79 Å². The van der Waals surface area contributed by atoms with Gasteiger partial charge in [-0.3, -0.25) is 9.78 Å². The Balaban J connectivity index is 1.46. The number of benzene rings is 2. The fourth-order valence-corrected chi connectivity index (χ4v) is 4.07. The molecule has 2 aromatic carbocycles. The quantitative estimate of drug-likeness (QED) is 0.645. The van der Waals surface area contributed by atoms with Gasteiger partial charge < -0.3 is 14.8 Å². The molecule has 2 heterocycles. The van der Waals surface area contributed by atoms with Crippen molar-refractivity contribution in [2.24, 2.45) is 5.92 Å². The van der Waals surface area contributed by atoms with E-state index in [0.717, 1.165) is 34.2 Å². The number of hydrogen-bond acceptors (Lipinski definition) is 4. The Labute approximate surface area is 183 Å². The molecule has 0 bridgehead atoms. The van der Waals surface area contributed by atoms with Crippen LogP contribution in [0, 0.1) is 19.8 Å². The maximum absolute atomic E-state index is 13.1. The summed E-state index contributed by atoms with van der Waals surface area (Å²) in [6.07, 6.45) is 2.68. The van der Waals surface area contributed by atoms with Gasteiger partial charge in [-0.05, 0) is 69.0 Å². The van der Waals surface area contributed by atoms with Gasteiger partial charge in [-0.15, -0.1) is 0 Å². The van der Waals surface area contributed by atoms with Gasteiger partial charge in [0.05, 0.1) is 24.8 Å². The normalized spacial score (nSPS) is 18.8. The maximum Gasteiger partial charge on any atom is 0.263 e. The molecule has 1 saturated heterocycles. The van der Waals surface area contributed by atoms with E-state index < -0.39 is 5.60 Å². The number of rotatable bonds is 6. The third-order valence-corrected chi connectivity index (χ3v) is 6.20. The zero-order valence-corrected chi connectivity index (χ0v) is 18.6. The molecule has 1 amide bonds. The van der Waals surface area contributed by atoms with Crippen LogP contribution in [0.25, 0.3) is 10.9 Å². The summed E-state index contributed by atoms with van der Waals surface area (Å²) in [5, 5.41) is 4.34. The van der Waals surface area contributed by atoms with Crippen LogP contribution in [0.3, 0.4) is 0 Å². The molecule has 2 atom stereocenters. The molecule has 3 aromatic rings. The summed E-state index contributed by atoms with van der Waals surface area (Å²) < 4.78 is 11.9. The van der Waals surface area contributed by atoms with Gasteiger partial charge in [0, 0.05) is 17.5 Å². The molecule has 0 saturated carbocycles. The van der Waals surface area contributed by atoms with Crippen molar-refractivity contribution in [2.45, 2.75) is 45.8 Å². The Morgan fingerprint density at radius 1 is 1.13 bits per heavy atom. The summed E-state index contributed by atoms with van der Waals surface area (Å²) in [5.41, 5.74) is 3.42. The second-order valence-corrected chi connectivity index (χ2v) is 8.88. The van der Waals surface area contributed by atoms with Gasteiger partial charge in [-0.25, -0.2) is 0 Å². The number of ether oxygens (including phenoxy) is 2. The molecule has 1 aliphatic heterocycles. The van der Waals surface area contributed by atoms with Crippen LogP contribution < -0.4 is 10.1 Å². The Bertz CT molecular complexity index is 1090. The van der Waals surface area contributed by atoms with Crippen molar-refractivity contribution >= 4 is 16.8 Å². The van der Waals surface area contributed by atoms with Gasteiger partial charge in [0.1, 0.15) is 5.75 Å². The molecular weight excluding hydrogens is 388 g/mol. The maximum atomic E-state index is 13.1. The second kappa shape index (κ2) is 8.67. The van der Waals surface area contributed by atoms with Gasteiger partial charge >= 0.3 is 0 Å². The Morgan fingerprint density at radius 3 is 2.77 bits per heavy atom. The average Bonchev–Trinajstić information content (AvgIpc) is 3.18. The fraction of sp³-hybridized carbons (Fsp3) is 0.385. The van der Waals surface area contributed by atoms with E-state index >= 15 is 0 Å². The highest BCUT2D eigenvalue weighted by molar-refractivity contribution is 5.85. The van der Waals surface area contributed by atoms with Gasteiger partial charge in [-0.1, -0.05) is 30.3 Å². The molecule has 31 heavy (non-hydrogen) atoms. The molecule has 162 valence electrons. The Kier molecular flexibility index (Phi) is 5.96. The number of amides is 1. The molecule has 0 unspecified atom stereocenters. The summed E-state index contributed by atoms with van der Waals surface area (Å²) in [4.78, 5) is 17.6. The minimum Gasteiger partial charge on any atom is -0.478 e. The molecule has 0 spiro atoms. The summed E-state index contributed by atoms with van der Waals surface area (Å²) in [6, 6.07) is 16.1. The molecule has 5 heteroatoms. The van der Waals surface area contributed by atoms with Gasteiger partial charge in [0.15, 0.2) is 5.60 Å². The van der Waals surface area contributed by atoms with E-state index in [-0.39, 0.29) is 17.9 Å². The third kappa shape index (κ3) is 4.57. The second-order valence-electron chi connectivity index (χ2n) is 8.88. The molecule has 1 fully saturated rings. The summed E-state index contributed by atoms with van der Waals surface area (Å²) in [5.74, 6) is 0.808. The first-order valence-electron chi connectivity index (χ1n) is 10.8. The molecule has 1 aliphatic rings. The molecular formula is C26H30N2O3. The number of pyridine rings is 1. The van der Waals surface area contributed by atoms with Crippen LogP contribution in [0.5, 0.6) is 5.75 Å². The van der Waals surface area contributed by atoms with E-state index in [1.165, 1.54) is 5.56 Å². The first-order valence-corrected chi connectivity index (χ1v) is 10.8. The fourth-order valence-electron chi connectivity index (χ4n) is 4.07. The predicted octanol–water partition coefficient (Wildman–Crippen LogP) is 4.38. The van der Waals surface area contributed by atoms with Crippen molar-refractivity contribution in [3.05, 3.63) is 71.4 Å². The number of carbonyl (C=O) groups is 1. The standard InChI is InChI=1S/C26H30N2O3/c1-17-8-7-11-24(18(17)2)31-26(3,4)25(29)28-23-16-30-15-20(23)14-19-12-13-27-22-10-6-5-9-21(19)22/h5-13,20,23H,14-16H2,1-4H3,(H,28,29)/t20-,23-/m1/s1. The van der Waals surface area contributed by atoms with Crippen LogP contribution >= 0.6 is 0 Å². The summed E-state index contributed by atoms with van der Waals surface area (Å²) in [6.45, 7) is 8.81. The van der Waals surface area contributed by atoms with Crippen LogP contribution in [-0.2, 0) is 16.0 Å². The van der Waals surface area contributed by atoms with Gasteiger partial charge in [0.25, 0.3) is 5.91 Å². The largest absolute Gasteiger partial charge is 0.478 e. The molecule has 0 aliphatic carbocycles. The van der Waals surface area contributed by atoms with E-state index in [1.54, 1.807) is 0 Å². The van der Waals surface area contributed by atoms with Crippen LogP contribution in [0.15, 0.2) is 54.7 Å². The first-order chi connectivity index (χ1) is 14.8. The smallest absolute Gasteiger partial charge is 0.263 e.